The highest BCUT2D eigenvalue weighted by atomic mass is 16.1. The molecule has 0 spiro atoms. The zero-order valence-electron chi connectivity index (χ0n) is 12.0. The van der Waals surface area contributed by atoms with E-state index in [4.69, 9.17) is 0 Å². The molecule has 3 nitrogen and oxygen atoms in total. The van der Waals surface area contributed by atoms with Gasteiger partial charge in [0.05, 0.1) is 0 Å². The first-order chi connectivity index (χ1) is 9.24. The molecule has 1 amide bonds. The molecule has 0 aliphatic carbocycles. The van der Waals surface area contributed by atoms with Crippen LogP contribution in [0.1, 0.15) is 39.5 Å². The third-order valence-corrected chi connectivity index (χ3v) is 3.96. The van der Waals surface area contributed by atoms with Gasteiger partial charge >= 0.3 is 0 Å². The van der Waals surface area contributed by atoms with Crippen LogP contribution in [0.5, 0.6) is 0 Å². The summed E-state index contributed by atoms with van der Waals surface area (Å²) in [5.74, 6) is 0.261. The van der Waals surface area contributed by atoms with Crippen molar-refractivity contribution in [3.63, 3.8) is 0 Å². The summed E-state index contributed by atoms with van der Waals surface area (Å²) in [5, 5.41) is 3.00. The van der Waals surface area contributed by atoms with Gasteiger partial charge in [-0.3, -0.25) is 4.79 Å². The van der Waals surface area contributed by atoms with Crippen LogP contribution in [-0.4, -0.2) is 19.0 Å². The Balaban J connectivity index is 1.96. The van der Waals surface area contributed by atoms with Crippen molar-refractivity contribution in [2.75, 3.05) is 23.3 Å². The van der Waals surface area contributed by atoms with Gasteiger partial charge in [-0.2, -0.15) is 0 Å². The number of benzene rings is 1. The molecule has 19 heavy (non-hydrogen) atoms. The van der Waals surface area contributed by atoms with Crippen molar-refractivity contribution in [2.24, 2.45) is 5.92 Å². The molecule has 1 N–H and O–H groups in total. The van der Waals surface area contributed by atoms with Crippen LogP contribution in [0.2, 0.25) is 0 Å². The number of rotatable bonds is 5. The summed E-state index contributed by atoms with van der Waals surface area (Å²) in [6.45, 7) is 6.42. The Labute approximate surface area is 116 Å². The second-order valence-corrected chi connectivity index (χ2v) is 5.24. The molecular formula is C16H24N2O. The topological polar surface area (TPSA) is 32.3 Å². The van der Waals surface area contributed by atoms with Crippen LogP contribution in [0.3, 0.4) is 0 Å². The van der Waals surface area contributed by atoms with Crippen molar-refractivity contribution in [1.29, 1.82) is 0 Å². The van der Waals surface area contributed by atoms with E-state index in [1.54, 1.807) is 0 Å². The maximum Gasteiger partial charge on any atom is 0.227 e. The van der Waals surface area contributed by atoms with Crippen LogP contribution in [0.25, 0.3) is 0 Å². The van der Waals surface area contributed by atoms with Crippen molar-refractivity contribution in [1.82, 2.24) is 0 Å². The zero-order chi connectivity index (χ0) is 13.7. The molecule has 2 rings (SSSR count). The number of anilines is 2. The molecule has 0 atom stereocenters. The zero-order valence-corrected chi connectivity index (χ0v) is 12.0. The summed E-state index contributed by atoms with van der Waals surface area (Å²) in [4.78, 5) is 14.4. The van der Waals surface area contributed by atoms with Gasteiger partial charge in [-0.15, -0.1) is 0 Å². The summed E-state index contributed by atoms with van der Waals surface area (Å²) < 4.78 is 0. The standard InChI is InChI=1S/C16H24N2O/c1-3-13(4-2)16(19)17-14-7-9-15(10-8-14)18-11-5-6-12-18/h7-10,13H,3-6,11-12H2,1-2H3,(H,17,19). The van der Waals surface area contributed by atoms with Gasteiger partial charge in [-0.05, 0) is 49.9 Å². The van der Waals surface area contributed by atoms with E-state index in [1.165, 1.54) is 18.5 Å². The minimum absolute atomic E-state index is 0.123. The predicted octanol–water partition coefficient (Wildman–Crippen LogP) is 3.66. The lowest BCUT2D eigenvalue weighted by atomic mass is 10.0. The van der Waals surface area contributed by atoms with E-state index in [-0.39, 0.29) is 11.8 Å². The molecule has 0 unspecified atom stereocenters. The minimum Gasteiger partial charge on any atom is -0.372 e. The van der Waals surface area contributed by atoms with E-state index < -0.39 is 0 Å². The number of hydrogen-bond donors (Lipinski definition) is 1. The van der Waals surface area contributed by atoms with Gasteiger partial charge in [0.25, 0.3) is 0 Å². The molecule has 0 radical (unpaired) electrons. The first-order valence-electron chi connectivity index (χ1n) is 7.40. The second kappa shape index (κ2) is 6.60. The van der Waals surface area contributed by atoms with Crippen molar-refractivity contribution in [3.8, 4) is 0 Å². The van der Waals surface area contributed by atoms with Crippen LogP contribution < -0.4 is 10.2 Å². The van der Waals surface area contributed by atoms with Crippen molar-refractivity contribution in [3.05, 3.63) is 24.3 Å². The molecule has 0 saturated carbocycles. The molecule has 1 heterocycles. The van der Waals surface area contributed by atoms with Gasteiger partial charge in [0, 0.05) is 30.4 Å². The minimum atomic E-state index is 0.123. The Bertz CT molecular complexity index is 403. The Morgan fingerprint density at radius 1 is 1.16 bits per heavy atom. The Kier molecular flexibility index (Phi) is 4.83. The quantitative estimate of drug-likeness (QED) is 0.876. The molecule has 1 aromatic carbocycles. The third-order valence-electron chi connectivity index (χ3n) is 3.96. The fourth-order valence-electron chi connectivity index (χ4n) is 2.63. The molecule has 1 fully saturated rings. The normalized spacial score (nSPS) is 15.0. The van der Waals surface area contributed by atoms with Gasteiger partial charge in [-0.1, -0.05) is 13.8 Å². The SMILES string of the molecule is CCC(CC)C(=O)Nc1ccc(N2CCCC2)cc1. The number of nitrogens with one attached hydrogen (secondary N) is 1. The van der Waals surface area contributed by atoms with Crippen LogP contribution in [0.4, 0.5) is 11.4 Å². The van der Waals surface area contributed by atoms with Crippen LogP contribution >= 0.6 is 0 Å². The first kappa shape index (κ1) is 13.9. The van der Waals surface area contributed by atoms with Gasteiger partial charge < -0.3 is 10.2 Å². The summed E-state index contributed by atoms with van der Waals surface area (Å²) >= 11 is 0. The van der Waals surface area contributed by atoms with Gasteiger partial charge in [0.1, 0.15) is 0 Å². The average molecular weight is 260 g/mol. The average Bonchev–Trinajstić information content (AvgIpc) is 2.95. The maximum atomic E-state index is 12.0. The van der Waals surface area contributed by atoms with E-state index in [2.05, 4.69) is 36.2 Å². The van der Waals surface area contributed by atoms with Crippen molar-refractivity contribution < 1.29 is 4.79 Å². The highest BCUT2D eigenvalue weighted by molar-refractivity contribution is 5.92. The molecule has 1 aliphatic rings. The van der Waals surface area contributed by atoms with Crippen LogP contribution in [0.15, 0.2) is 24.3 Å². The number of carbonyl (C=O) groups is 1. The summed E-state index contributed by atoms with van der Waals surface area (Å²) in [7, 11) is 0. The van der Waals surface area contributed by atoms with Gasteiger partial charge in [-0.25, -0.2) is 0 Å². The Morgan fingerprint density at radius 2 is 1.74 bits per heavy atom. The Morgan fingerprint density at radius 3 is 2.26 bits per heavy atom. The largest absolute Gasteiger partial charge is 0.372 e. The smallest absolute Gasteiger partial charge is 0.227 e. The monoisotopic (exact) mass is 260 g/mol. The van der Waals surface area contributed by atoms with Crippen LogP contribution in [0, 0.1) is 5.92 Å². The molecule has 1 aliphatic heterocycles. The number of amides is 1. The number of nitrogens with zero attached hydrogens (tertiary/aromatic N) is 1. The lowest BCUT2D eigenvalue weighted by Gasteiger charge is -2.18. The van der Waals surface area contributed by atoms with Gasteiger partial charge in [0.15, 0.2) is 0 Å². The highest BCUT2D eigenvalue weighted by Gasteiger charge is 2.15. The van der Waals surface area contributed by atoms with E-state index in [0.29, 0.717) is 0 Å². The summed E-state index contributed by atoms with van der Waals surface area (Å²) in [6.07, 6.45) is 4.36. The maximum absolute atomic E-state index is 12.0. The predicted molar refractivity (Wildman–Crippen MR) is 80.6 cm³/mol. The fraction of sp³-hybridized carbons (Fsp3) is 0.562. The second-order valence-electron chi connectivity index (χ2n) is 5.24. The molecule has 104 valence electrons. The fourth-order valence-corrected chi connectivity index (χ4v) is 2.63. The van der Waals surface area contributed by atoms with E-state index in [0.717, 1.165) is 31.6 Å². The lowest BCUT2D eigenvalue weighted by Crippen LogP contribution is -2.21. The Hall–Kier alpha value is -1.51. The number of hydrogen-bond acceptors (Lipinski definition) is 2. The molecule has 1 saturated heterocycles. The number of carbonyl (C=O) groups excluding carboxylic acids is 1. The first-order valence-corrected chi connectivity index (χ1v) is 7.40. The van der Waals surface area contributed by atoms with E-state index in [9.17, 15) is 4.79 Å². The van der Waals surface area contributed by atoms with Crippen LogP contribution in [-0.2, 0) is 4.79 Å². The van der Waals surface area contributed by atoms with Crippen molar-refractivity contribution >= 4 is 17.3 Å². The lowest BCUT2D eigenvalue weighted by molar-refractivity contribution is -0.120. The molecular weight excluding hydrogens is 236 g/mol. The van der Waals surface area contributed by atoms with Crippen molar-refractivity contribution in [2.45, 2.75) is 39.5 Å². The van der Waals surface area contributed by atoms with Gasteiger partial charge in [0.2, 0.25) is 5.91 Å². The molecule has 3 heteroatoms. The third kappa shape index (κ3) is 3.49. The molecule has 0 bridgehead atoms. The summed E-state index contributed by atoms with van der Waals surface area (Å²) in [6, 6.07) is 8.23. The summed E-state index contributed by atoms with van der Waals surface area (Å²) in [5.41, 5.74) is 2.16. The van der Waals surface area contributed by atoms with E-state index >= 15 is 0 Å². The highest BCUT2D eigenvalue weighted by Crippen LogP contribution is 2.22. The van der Waals surface area contributed by atoms with E-state index in [1.807, 2.05) is 12.1 Å². The molecule has 0 aromatic heterocycles. The molecule has 1 aromatic rings.